The average molecular weight is 350 g/mol. The minimum Gasteiger partial charge on any atom is -0.790 e. The summed E-state index contributed by atoms with van der Waals surface area (Å²) in [4.78, 5) is 31.5. The Bertz CT molecular complexity index is 527. The van der Waals surface area contributed by atoms with Gasteiger partial charge in [0.05, 0.1) is 26.5 Å². The molecule has 0 bridgehead atoms. The van der Waals surface area contributed by atoms with E-state index in [9.17, 15) is 39.6 Å². The number of hydrogen-bond acceptors (Lipinski definition) is 10. The number of nitrogens with one attached hydrogen (secondary N) is 1. The zero-order valence-electron chi connectivity index (χ0n) is 12.0. The van der Waals surface area contributed by atoms with Crippen molar-refractivity contribution in [1.29, 1.82) is 0 Å². The third kappa shape index (κ3) is 6.80. The number of hydrogen-bond donors (Lipinski definition) is 4. The molecule has 3 atom stereocenters. The van der Waals surface area contributed by atoms with Gasteiger partial charge in [0.15, 0.2) is 0 Å². The molecule has 0 fully saturated rings. The number of carbonyl (C=O) groups is 1. The number of phosphoric ester groups is 1. The second-order valence-electron chi connectivity index (χ2n) is 4.87. The molecule has 23 heavy (non-hydrogen) atoms. The molecule has 1 rings (SSSR count). The van der Waals surface area contributed by atoms with Gasteiger partial charge in [0.25, 0.3) is 0 Å². The van der Waals surface area contributed by atoms with Crippen LogP contribution in [-0.4, -0.2) is 52.8 Å². The number of carbonyl (C=O) groups excluding carboxylic acids is 1. The van der Waals surface area contributed by atoms with E-state index in [1.807, 2.05) is 0 Å². The molecule has 0 radical (unpaired) electrons. The summed E-state index contributed by atoms with van der Waals surface area (Å²) in [5, 5.41) is 42.3. The van der Waals surface area contributed by atoms with Crippen LogP contribution in [-0.2, 0) is 13.9 Å². The third-order valence-electron chi connectivity index (χ3n) is 3.11. The first-order chi connectivity index (χ1) is 10.6. The molecular weight excluding hydrogens is 333 g/mol. The van der Waals surface area contributed by atoms with Crippen molar-refractivity contribution < 1.29 is 44.1 Å². The highest BCUT2D eigenvalue weighted by atomic mass is 31.2. The van der Waals surface area contributed by atoms with Crippen molar-refractivity contribution in [2.75, 3.05) is 13.2 Å². The summed E-state index contributed by atoms with van der Waals surface area (Å²) in [6, 6.07) is 0. The molecule has 0 aromatic carbocycles. The van der Waals surface area contributed by atoms with Crippen LogP contribution in [0.2, 0.25) is 0 Å². The van der Waals surface area contributed by atoms with E-state index in [1.165, 1.54) is 6.08 Å². The molecule has 11 heteroatoms. The van der Waals surface area contributed by atoms with Crippen molar-refractivity contribution in [3.63, 3.8) is 0 Å². The van der Waals surface area contributed by atoms with E-state index < -0.39 is 38.7 Å². The largest absolute Gasteiger partial charge is 0.790 e. The highest BCUT2D eigenvalue weighted by molar-refractivity contribution is 7.43. The van der Waals surface area contributed by atoms with Crippen LogP contribution in [0.3, 0.4) is 0 Å². The topological polar surface area (TPSA) is 185 Å². The van der Waals surface area contributed by atoms with Gasteiger partial charge in [-0.05, 0) is 12.8 Å². The van der Waals surface area contributed by atoms with E-state index in [4.69, 9.17) is 0 Å². The second kappa shape index (κ2) is 8.55. The molecule has 0 saturated carbocycles. The van der Waals surface area contributed by atoms with Crippen molar-refractivity contribution >= 4 is 13.8 Å². The second-order valence-corrected chi connectivity index (χ2v) is 6.02. The first kappa shape index (κ1) is 19.8. The number of aliphatic hydroxyl groups excluding tert-OH is 3. The van der Waals surface area contributed by atoms with Gasteiger partial charge in [0.2, 0.25) is 0 Å². The summed E-state index contributed by atoms with van der Waals surface area (Å²) in [7, 11) is -5.30. The van der Waals surface area contributed by atoms with Crippen LogP contribution in [0.1, 0.15) is 12.8 Å². The number of rotatable bonds is 9. The molecule has 0 aromatic heterocycles. The Morgan fingerprint density at radius 1 is 1.35 bits per heavy atom. The Kier molecular flexibility index (Phi) is 7.36. The number of phosphoric acid groups is 1. The van der Waals surface area contributed by atoms with Crippen LogP contribution in [0, 0.1) is 0 Å². The third-order valence-corrected chi connectivity index (χ3v) is 3.57. The smallest absolute Gasteiger partial charge is 0.110 e. The minimum absolute atomic E-state index is 0.0829. The lowest BCUT2D eigenvalue weighted by atomic mass is 10.0. The van der Waals surface area contributed by atoms with E-state index >= 15 is 0 Å². The lowest BCUT2D eigenvalue weighted by Gasteiger charge is -2.31. The Labute approximate surface area is 132 Å². The van der Waals surface area contributed by atoms with Crippen molar-refractivity contribution in [2.24, 2.45) is 0 Å². The first-order valence-corrected chi connectivity index (χ1v) is 8.13. The Hall–Kier alpha value is -1.26. The number of aliphatic hydroxyl groups is 3. The predicted molar refractivity (Wildman–Crippen MR) is 70.0 cm³/mol. The normalized spacial score (nSPS) is 19.3. The Morgan fingerprint density at radius 2 is 2.00 bits per heavy atom. The lowest BCUT2D eigenvalue weighted by Crippen LogP contribution is -2.45. The Morgan fingerprint density at radius 3 is 2.57 bits per heavy atom. The number of carboxylic acid groups (broad SMARTS) is 1. The zero-order chi connectivity index (χ0) is 17.6. The van der Waals surface area contributed by atoms with E-state index in [-0.39, 0.29) is 12.1 Å². The monoisotopic (exact) mass is 350 g/mol. The van der Waals surface area contributed by atoms with Gasteiger partial charge >= 0.3 is 0 Å². The maximum Gasteiger partial charge on any atom is 0.110 e. The van der Waals surface area contributed by atoms with Crippen LogP contribution in [0.4, 0.5) is 0 Å². The van der Waals surface area contributed by atoms with Crippen molar-refractivity contribution in [3.8, 4) is 0 Å². The minimum atomic E-state index is -5.30. The number of aliphatic carboxylic acids is 1. The number of allylic oxidation sites excluding steroid dienone is 2. The summed E-state index contributed by atoms with van der Waals surface area (Å²) in [6.07, 6.45) is -1.24. The highest BCUT2D eigenvalue weighted by Crippen LogP contribution is 2.25. The van der Waals surface area contributed by atoms with Crippen LogP contribution in [0.15, 0.2) is 23.4 Å². The van der Waals surface area contributed by atoms with E-state index in [2.05, 4.69) is 9.84 Å². The summed E-state index contributed by atoms with van der Waals surface area (Å²) in [6.45, 7) is -1.32. The molecular formula is C12H17NO9P-3. The van der Waals surface area contributed by atoms with Crippen molar-refractivity contribution in [2.45, 2.75) is 31.2 Å². The molecule has 0 amide bonds. The van der Waals surface area contributed by atoms with E-state index in [0.717, 1.165) is 0 Å². The van der Waals surface area contributed by atoms with Crippen LogP contribution in [0.25, 0.3) is 0 Å². The van der Waals surface area contributed by atoms with Crippen molar-refractivity contribution in [1.82, 2.24) is 5.32 Å². The molecule has 0 unspecified atom stereocenters. The molecule has 0 spiro atoms. The van der Waals surface area contributed by atoms with Crippen LogP contribution < -0.4 is 20.2 Å². The van der Waals surface area contributed by atoms with Gasteiger partial charge in [-0.2, -0.15) is 0 Å². The van der Waals surface area contributed by atoms with Crippen molar-refractivity contribution in [3.05, 3.63) is 23.4 Å². The van der Waals surface area contributed by atoms with E-state index in [1.54, 1.807) is 6.08 Å². The fraction of sp³-hybridized carbons (Fsp3) is 0.583. The zero-order valence-corrected chi connectivity index (χ0v) is 12.8. The summed E-state index contributed by atoms with van der Waals surface area (Å²) in [5.74, 6) is -1.39. The standard InChI is InChI=1S/C12H20NO9P/c14-9(11(16)10(15)6-22-23(19,20)21)5-13-8-4-2-1-3-7(8)12(17)18/h1,3,9-11,13-16H,2,4-6H2,(H,17,18)(H2,19,20,21)/p-3/t9-,10+,11-/m0/s1. The molecule has 0 heterocycles. The summed E-state index contributed by atoms with van der Waals surface area (Å²) in [5.41, 5.74) is 0.216. The highest BCUT2D eigenvalue weighted by Gasteiger charge is 2.25. The number of carboxylic acids is 1. The fourth-order valence-corrected chi connectivity index (χ4v) is 2.25. The first-order valence-electron chi connectivity index (χ1n) is 6.67. The van der Waals surface area contributed by atoms with Gasteiger partial charge in [-0.15, -0.1) is 0 Å². The molecule has 0 saturated heterocycles. The summed E-state index contributed by atoms with van der Waals surface area (Å²) >= 11 is 0. The Balaban J connectivity index is 2.55. The van der Waals surface area contributed by atoms with E-state index in [0.29, 0.717) is 18.5 Å². The van der Waals surface area contributed by atoms with Gasteiger partial charge < -0.3 is 49.4 Å². The molecule has 4 N–H and O–H groups in total. The molecule has 0 aromatic rings. The average Bonchev–Trinajstić information content (AvgIpc) is 2.48. The maximum atomic E-state index is 10.9. The van der Waals surface area contributed by atoms with Gasteiger partial charge in [0.1, 0.15) is 12.2 Å². The summed E-state index contributed by atoms with van der Waals surface area (Å²) < 4.78 is 14.1. The molecule has 0 aliphatic heterocycles. The lowest BCUT2D eigenvalue weighted by molar-refractivity contribution is -0.343. The molecule has 10 nitrogen and oxygen atoms in total. The van der Waals surface area contributed by atoms with Crippen LogP contribution >= 0.6 is 7.82 Å². The molecule has 1 aliphatic rings. The fourth-order valence-electron chi connectivity index (χ4n) is 1.91. The quantitative estimate of drug-likeness (QED) is 0.297. The molecule has 132 valence electrons. The van der Waals surface area contributed by atoms with Gasteiger partial charge in [-0.25, -0.2) is 0 Å². The van der Waals surface area contributed by atoms with Crippen LogP contribution in [0.5, 0.6) is 0 Å². The predicted octanol–water partition coefficient (Wildman–Crippen LogP) is -4.14. The van der Waals surface area contributed by atoms with Gasteiger partial charge in [-0.1, -0.05) is 12.2 Å². The van der Waals surface area contributed by atoms with Gasteiger partial charge in [0, 0.05) is 17.8 Å². The SMILES string of the molecule is O=C([O-])C1=C(NC[C@H](O)[C@H](O)[C@H](O)COP(=O)([O-])[O-])CCC=C1. The maximum absolute atomic E-state index is 10.9. The van der Waals surface area contributed by atoms with Gasteiger partial charge in [-0.3, -0.25) is 0 Å². The molecule has 1 aliphatic carbocycles.